The van der Waals surface area contributed by atoms with Gasteiger partial charge in [0.05, 0.1) is 28.4 Å². The van der Waals surface area contributed by atoms with Crippen LogP contribution in [0.1, 0.15) is 12.0 Å². The highest BCUT2D eigenvalue weighted by Gasteiger charge is 2.24. The molecule has 1 fully saturated rings. The Balaban J connectivity index is 0.00000385. The Morgan fingerprint density at radius 2 is 1.67 bits per heavy atom. The van der Waals surface area contributed by atoms with Gasteiger partial charge in [0, 0.05) is 56.6 Å². The molecule has 9 heteroatoms. The van der Waals surface area contributed by atoms with Crippen LogP contribution in [0.4, 0.5) is 5.69 Å². The van der Waals surface area contributed by atoms with Gasteiger partial charge in [0.2, 0.25) is 0 Å². The molecular formula is C24H35IN4O4. The molecule has 8 nitrogen and oxygen atoms in total. The van der Waals surface area contributed by atoms with Crippen LogP contribution < -0.4 is 34.5 Å². The Morgan fingerprint density at radius 1 is 0.970 bits per heavy atom. The second-order valence-electron chi connectivity index (χ2n) is 7.57. The van der Waals surface area contributed by atoms with Gasteiger partial charge in [0.15, 0.2) is 5.96 Å². The van der Waals surface area contributed by atoms with E-state index in [1.165, 1.54) is 0 Å². The molecule has 2 N–H and O–H groups in total. The van der Waals surface area contributed by atoms with Gasteiger partial charge in [-0.1, -0.05) is 0 Å². The molecule has 2 aromatic carbocycles. The van der Waals surface area contributed by atoms with Crippen LogP contribution in [0.3, 0.4) is 0 Å². The molecule has 1 saturated heterocycles. The average Bonchev–Trinajstić information content (AvgIpc) is 3.31. The third-order valence-electron chi connectivity index (χ3n) is 5.63. The van der Waals surface area contributed by atoms with Gasteiger partial charge in [-0.2, -0.15) is 0 Å². The molecule has 0 saturated carbocycles. The van der Waals surface area contributed by atoms with E-state index in [4.69, 9.17) is 18.9 Å². The second-order valence-corrected chi connectivity index (χ2v) is 7.57. The first kappa shape index (κ1) is 26.7. The fourth-order valence-electron chi connectivity index (χ4n) is 3.87. The minimum absolute atomic E-state index is 0. The third kappa shape index (κ3) is 7.21. The number of hydrogen-bond donors (Lipinski definition) is 2. The molecule has 182 valence electrons. The number of ether oxygens (including phenoxy) is 4. The molecular weight excluding hydrogens is 535 g/mol. The van der Waals surface area contributed by atoms with Gasteiger partial charge in [0.25, 0.3) is 0 Å². The van der Waals surface area contributed by atoms with E-state index >= 15 is 0 Å². The van der Waals surface area contributed by atoms with Crippen molar-refractivity contribution in [1.29, 1.82) is 0 Å². The van der Waals surface area contributed by atoms with Crippen molar-refractivity contribution >= 4 is 35.6 Å². The van der Waals surface area contributed by atoms with Gasteiger partial charge in [-0.15, -0.1) is 24.0 Å². The van der Waals surface area contributed by atoms with E-state index in [1.54, 1.807) is 35.5 Å². The van der Waals surface area contributed by atoms with Crippen molar-refractivity contribution in [2.45, 2.75) is 18.9 Å². The number of guanidine groups is 1. The van der Waals surface area contributed by atoms with E-state index in [-0.39, 0.29) is 24.0 Å². The van der Waals surface area contributed by atoms with Crippen molar-refractivity contribution in [3.8, 4) is 23.0 Å². The van der Waals surface area contributed by atoms with Crippen LogP contribution in [-0.2, 0) is 6.42 Å². The fourth-order valence-corrected chi connectivity index (χ4v) is 3.87. The summed E-state index contributed by atoms with van der Waals surface area (Å²) in [5, 5.41) is 6.95. The SMILES string of the molecule is CN=C(NCCc1cc(OC)ccc1OC)NC1CCN(c2cc(OC)cc(OC)c2)C1.I. The highest BCUT2D eigenvalue weighted by atomic mass is 127. The number of hydrogen-bond acceptors (Lipinski definition) is 6. The summed E-state index contributed by atoms with van der Waals surface area (Å²) in [5.74, 6) is 4.06. The van der Waals surface area contributed by atoms with Crippen LogP contribution in [0.5, 0.6) is 23.0 Å². The summed E-state index contributed by atoms with van der Waals surface area (Å²) >= 11 is 0. The monoisotopic (exact) mass is 570 g/mol. The molecule has 3 rings (SSSR count). The van der Waals surface area contributed by atoms with Crippen molar-refractivity contribution in [3.05, 3.63) is 42.0 Å². The van der Waals surface area contributed by atoms with Crippen molar-refractivity contribution in [2.75, 3.05) is 60.0 Å². The molecule has 1 aliphatic heterocycles. The maximum absolute atomic E-state index is 5.47. The summed E-state index contributed by atoms with van der Waals surface area (Å²) in [4.78, 5) is 6.72. The number of aliphatic imine (C=N–C) groups is 1. The third-order valence-corrected chi connectivity index (χ3v) is 5.63. The number of nitrogens with one attached hydrogen (secondary N) is 2. The Morgan fingerprint density at radius 3 is 2.27 bits per heavy atom. The Hall–Kier alpha value is -2.56. The maximum atomic E-state index is 5.47. The van der Waals surface area contributed by atoms with E-state index in [9.17, 15) is 0 Å². The predicted octanol–water partition coefficient (Wildman–Crippen LogP) is 3.33. The van der Waals surface area contributed by atoms with Gasteiger partial charge in [0.1, 0.15) is 23.0 Å². The van der Waals surface area contributed by atoms with Crippen molar-refractivity contribution in [1.82, 2.24) is 10.6 Å². The Labute approximate surface area is 213 Å². The lowest BCUT2D eigenvalue weighted by Gasteiger charge is -2.21. The van der Waals surface area contributed by atoms with Gasteiger partial charge >= 0.3 is 0 Å². The van der Waals surface area contributed by atoms with E-state index in [0.29, 0.717) is 6.04 Å². The smallest absolute Gasteiger partial charge is 0.191 e. The van der Waals surface area contributed by atoms with E-state index in [2.05, 4.69) is 20.5 Å². The maximum Gasteiger partial charge on any atom is 0.191 e. The molecule has 1 atom stereocenters. The normalized spacial score (nSPS) is 15.5. The topological polar surface area (TPSA) is 76.6 Å². The number of nitrogens with zero attached hydrogens (tertiary/aromatic N) is 2. The van der Waals surface area contributed by atoms with Crippen LogP contribution in [0.25, 0.3) is 0 Å². The molecule has 1 unspecified atom stereocenters. The summed E-state index contributed by atoms with van der Waals surface area (Å²) in [7, 11) is 8.49. The summed E-state index contributed by atoms with van der Waals surface area (Å²) in [6.07, 6.45) is 1.81. The zero-order valence-corrected chi connectivity index (χ0v) is 22.3. The number of anilines is 1. The van der Waals surface area contributed by atoms with Crippen LogP contribution in [-0.4, -0.2) is 67.1 Å². The predicted molar refractivity (Wildman–Crippen MR) is 143 cm³/mol. The van der Waals surface area contributed by atoms with Crippen molar-refractivity contribution < 1.29 is 18.9 Å². The molecule has 2 aromatic rings. The largest absolute Gasteiger partial charge is 0.497 e. The minimum atomic E-state index is 0. The zero-order chi connectivity index (χ0) is 22.9. The molecule has 0 bridgehead atoms. The lowest BCUT2D eigenvalue weighted by atomic mass is 10.1. The number of halogens is 1. The van der Waals surface area contributed by atoms with Crippen molar-refractivity contribution in [3.63, 3.8) is 0 Å². The van der Waals surface area contributed by atoms with Gasteiger partial charge in [-0.05, 0) is 36.6 Å². The van der Waals surface area contributed by atoms with E-state index in [1.807, 2.05) is 36.4 Å². The highest BCUT2D eigenvalue weighted by molar-refractivity contribution is 14.0. The van der Waals surface area contributed by atoms with Gasteiger partial charge in [-0.25, -0.2) is 0 Å². The standard InChI is InChI=1S/C24H34N4O4.HI/c1-25-24(26-10-8-17-12-20(29-2)6-7-23(17)32-5)27-18-9-11-28(16-18)19-13-21(30-3)15-22(14-19)31-4;/h6-7,12-15,18H,8-11,16H2,1-5H3,(H2,25,26,27);1H. The summed E-state index contributed by atoms with van der Waals surface area (Å²) in [6.45, 7) is 2.55. The van der Waals surface area contributed by atoms with Crippen LogP contribution in [0, 0.1) is 0 Å². The second kappa shape index (κ2) is 13.2. The number of benzene rings is 2. The first-order valence-electron chi connectivity index (χ1n) is 10.8. The first-order valence-corrected chi connectivity index (χ1v) is 10.8. The number of methoxy groups -OCH3 is 4. The summed E-state index contributed by atoms with van der Waals surface area (Å²) in [6, 6.07) is 12.1. The average molecular weight is 570 g/mol. The van der Waals surface area contributed by atoms with E-state index in [0.717, 1.165) is 72.7 Å². The Kier molecular flexibility index (Phi) is 10.7. The van der Waals surface area contributed by atoms with Gasteiger partial charge in [-0.3, -0.25) is 4.99 Å². The molecule has 0 spiro atoms. The molecule has 0 aliphatic carbocycles. The lowest BCUT2D eigenvalue weighted by molar-refractivity contribution is 0.394. The molecule has 1 heterocycles. The van der Waals surface area contributed by atoms with Crippen molar-refractivity contribution in [2.24, 2.45) is 4.99 Å². The molecule has 0 radical (unpaired) electrons. The molecule has 0 aromatic heterocycles. The first-order chi connectivity index (χ1) is 15.6. The van der Waals surface area contributed by atoms with Crippen LogP contribution in [0.15, 0.2) is 41.4 Å². The lowest BCUT2D eigenvalue weighted by Crippen LogP contribution is -2.45. The van der Waals surface area contributed by atoms with E-state index < -0.39 is 0 Å². The molecule has 1 aliphatic rings. The minimum Gasteiger partial charge on any atom is -0.497 e. The zero-order valence-electron chi connectivity index (χ0n) is 20.0. The quantitative estimate of drug-likeness (QED) is 0.272. The summed E-state index contributed by atoms with van der Waals surface area (Å²) < 4.78 is 21.6. The molecule has 0 amide bonds. The summed E-state index contributed by atoms with van der Waals surface area (Å²) in [5.41, 5.74) is 2.19. The highest BCUT2D eigenvalue weighted by Crippen LogP contribution is 2.30. The molecule has 33 heavy (non-hydrogen) atoms. The number of rotatable bonds is 9. The Bertz CT molecular complexity index is 903. The van der Waals surface area contributed by atoms with Crippen LogP contribution >= 0.6 is 24.0 Å². The van der Waals surface area contributed by atoms with Gasteiger partial charge < -0.3 is 34.5 Å². The fraction of sp³-hybridized carbons (Fsp3) is 0.458. The van der Waals surface area contributed by atoms with Crippen LogP contribution in [0.2, 0.25) is 0 Å².